The zero-order valence-electron chi connectivity index (χ0n) is 13.7. The van der Waals surface area contributed by atoms with E-state index in [-0.39, 0.29) is 30.8 Å². The molecule has 0 radical (unpaired) electrons. The van der Waals surface area contributed by atoms with Crippen LogP contribution in [0.5, 0.6) is 0 Å². The Labute approximate surface area is 136 Å². The number of hydrogen-bond donors (Lipinski definition) is 1. The van der Waals surface area contributed by atoms with Crippen molar-refractivity contribution in [2.75, 3.05) is 32.8 Å². The van der Waals surface area contributed by atoms with Crippen molar-refractivity contribution in [2.24, 2.45) is 5.92 Å². The number of carboxylic acids is 1. The molecular weight excluding hydrogens is 300 g/mol. The standard InChI is InChI=1S/C16H26N2O5/c1-2-4-14(19)17-6-3-5-12(10-17)16(22)18-7-8-23-11-13(18)9-15(20)21/h12-13H,2-11H2,1H3,(H,20,21)/t12-,13-/m0/s1. The maximum absolute atomic E-state index is 12.8. The molecule has 0 saturated carbocycles. The third-order valence-electron chi connectivity index (χ3n) is 4.51. The molecule has 130 valence electrons. The van der Waals surface area contributed by atoms with Gasteiger partial charge in [-0.25, -0.2) is 0 Å². The van der Waals surface area contributed by atoms with E-state index >= 15 is 0 Å². The van der Waals surface area contributed by atoms with Gasteiger partial charge >= 0.3 is 5.97 Å². The number of carbonyl (C=O) groups is 3. The van der Waals surface area contributed by atoms with Crippen molar-refractivity contribution in [3.8, 4) is 0 Å². The minimum absolute atomic E-state index is 0.0338. The highest BCUT2D eigenvalue weighted by Crippen LogP contribution is 2.22. The van der Waals surface area contributed by atoms with Crippen LogP contribution in [0.25, 0.3) is 0 Å². The first-order valence-electron chi connectivity index (χ1n) is 8.40. The lowest BCUT2D eigenvalue weighted by Crippen LogP contribution is -2.54. The Morgan fingerprint density at radius 3 is 2.74 bits per heavy atom. The molecule has 2 aliphatic heterocycles. The maximum Gasteiger partial charge on any atom is 0.305 e. The summed E-state index contributed by atoms with van der Waals surface area (Å²) in [4.78, 5) is 39.3. The fourth-order valence-corrected chi connectivity index (χ4v) is 3.33. The second-order valence-corrected chi connectivity index (χ2v) is 6.29. The molecule has 7 heteroatoms. The minimum atomic E-state index is -0.929. The lowest BCUT2D eigenvalue weighted by atomic mass is 9.95. The van der Waals surface area contributed by atoms with Crippen LogP contribution in [0.15, 0.2) is 0 Å². The average Bonchev–Trinajstić information content (AvgIpc) is 2.54. The van der Waals surface area contributed by atoms with Crippen LogP contribution < -0.4 is 0 Å². The molecule has 0 spiro atoms. The van der Waals surface area contributed by atoms with Gasteiger partial charge in [-0.05, 0) is 19.3 Å². The highest BCUT2D eigenvalue weighted by atomic mass is 16.5. The first-order chi connectivity index (χ1) is 11.0. The zero-order valence-corrected chi connectivity index (χ0v) is 13.7. The SMILES string of the molecule is CCCC(=O)N1CCC[C@H](C(=O)N2CCOC[C@@H]2CC(=O)O)C1. The Morgan fingerprint density at radius 2 is 2.04 bits per heavy atom. The maximum atomic E-state index is 12.8. The van der Waals surface area contributed by atoms with Crippen molar-refractivity contribution in [2.45, 2.75) is 45.1 Å². The van der Waals surface area contributed by atoms with E-state index in [1.165, 1.54) is 0 Å². The summed E-state index contributed by atoms with van der Waals surface area (Å²) in [5.74, 6) is -1.08. The Bertz CT molecular complexity index is 454. The van der Waals surface area contributed by atoms with Gasteiger partial charge in [0.1, 0.15) is 0 Å². The summed E-state index contributed by atoms with van der Waals surface area (Å²) in [6.07, 6.45) is 2.79. The third-order valence-corrected chi connectivity index (χ3v) is 4.51. The lowest BCUT2D eigenvalue weighted by Gasteiger charge is -2.39. The van der Waals surface area contributed by atoms with Gasteiger partial charge in [-0.15, -0.1) is 0 Å². The van der Waals surface area contributed by atoms with Gasteiger partial charge in [-0.3, -0.25) is 14.4 Å². The Balaban J connectivity index is 1.99. The van der Waals surface area contributed by atoms with Gasteiger partial charge < -0.3 is 19.6 Å². The molecular formula is C16H26N2O5. The molecule has 0 unspecified atom stereocenters. The number of carboxylic acid groups (broad SMARTS) is 1. The number of piperidine rings is 1. The van der Waals surface area contributed by atoms with Gasteiger partial charge in [0.15, 0.2) is 0 Å². The van der Waals surface area contributed by atoms with E-state index in [9.17, 15) is 14.4 Å². The van der Waals surface area contributed by atoms with Crippen LogP contribution in [0, 0.1) is 5.92 Å². The summed E-state index contributed by atoms with van der Waals surface area (Å²) in [6, 6.07) is -0.407. The molecule has 0 aromatic carbocycles. The Morgan fingerprint density at radius 1 is 1.26 bits per heavy atom. The van der Waals surface area contributed by atoms with Crippen LogP contribution in [0.3, 0.4) is 0 Å². The lowest BCUT2D eigenvalue weighted by molar-refractivity contribution is -0.151. The van der Waals surface area contributed by atoms with Crippen LogP contribution in [0.1, 0.15) is 39.0 Å². The number of rotatable bonds is 5. The van der Waals surface area contributed by atoms with Crippen molar-refractivity contribution in [3.05, 3.63) is 0 Å². The van der Waals surface area contributed by atoms with E-state index in [0.717, 1.165) is 19.3 Å². The molecule has 2 aliphatic rings. The molecule has 0 aliphatic carbocycles. The van der Waals surface area contributed by atoms with Crippen LogP contribution >= 0.6 is 0 Å². The topological polar surface area (TPSA) is 87.2 Å². The first kappa shape index (κ1) is 17.7. The number of ether oxygens (including phenoxy) is 1. The van der Waals surface area contributed by atoms with Crippen LogP contribution in [-0.4, -0.2) is 71.6 Å². The van der Waals surface area contributed by atoms with Gasteiger partial charge in [0.2, 0.25) is 11.8 Å². The van der Waals surface area contributed by atoms with Gasteiger partial charge in [0.25, 0.3) is 0 Å². The van der Waals surface area contributed by atoms with Crippen LogP contribution in [-0.2, 0) is 19.1 Å². The zero-order chi connectivity index (χ0) is 16.8. The van der Waals surface area contributed by atoms with Crippen LogP contribution in [0.4, 0.5) is 0 Å². The molecule has 2 amide bonds. The molecule has 2 atom stereocenters. The summed E-state index contributed by atoms with van der Waals surface area (Å²) in [7, 11) is 0. The second kappa shape index (κ2) is 8.29. The summed E-state index contributed by atoms with van der Waals surface area (Å²) < 4.78 is 5.32. The Kier molecular flexibility index (Phi) is 6.38. The molecule has 0 aromatic heterocycles. The average molecular weight is 326 g/mol. The molecule has 2 heterocycles. The molecule has 23 heavy (non-hydrogen) atoms. The summed E-state index contributed by atoms with van der Waals surface area (Å²) in [5, 5.41) is 9.00. The molecule has 0 bridgehead atoms. The molecule has 7 nitrogen and oxygen atoms in total. The predicted molar refractivity (Wildman–Crippen MR) is 82.8 cm³/mol. The molecule has 2 fully saturated rings. The van der Waals surface area contributed by atoms with E-state index in [4.69, 9.17) is 9.84 Å². The van der Waals surface area contributed by atoms with Crippen molar-refractivity contribution in [1.82, 2.24) is 9.80 Å². The normalized spacial score (nSPS) is 25.3. The number of nitrogens with zero attached hydrogens (tertiary/aromatic N) is 2. The van der Waals surface area contributed by atoms with Crippen LogP contribution in [0.2, 0.25) is 0 Å². The van der Waals surface area contributed by atoms with E-state index in [2.05, 4.69) is 0 Å². The first-order valence-corrected chi connectivity index (χ1v) is 8.40. The molecule has 2 rings (SSSR count). The van der Waals surface area contributed by atoms with E-state index in [1.807, 2.05) is 6.92 Å². The van der Waals surface area contributed by atoms with Gasteiger partial charge in [-0.1, -0.05) is 6.92 Å². The minimum Gasteiger partial charge on any atom is -0.481 e. The van der Waals surface area contributed by atoms with Gasteiger partial charge in [0.05, 0.1) is 31.6 Å². The monoisotopic (exact) mass is 326 g/mol. The second-order valence-electron chi connectivity index (χ2n) is 6.29. The van der Waals surface area contributed by atoms with E-state index in [1.54, 1.807) is 9.80 Å². The smallest absolute Gasteiger partial charge is 0.305 e. The number of likely N-dealkylation sites (tertiary alicyclic amines) is 1. The third kappa shape index (κ3) is 4.67. The Hall–Kier alpha value is -1.63. The van der Waals surface area contributed by atoms with Gasteiger partial charge in [0, 0.05) is 26.1 Å². The van der Waals surface area contributed by atoms with Crippen molar-refractivity contribution < 1.29 is 24.2 Å². The predicted octanol–water partition coefficient (Wildman–Crippen LogP) is 0.727. The summed E-state index contributed by atoms with van der Waals surface area (Å²) in [5.41, 5.74) is 0. The number of morpholine rings is 1. The van der Waals surface area contributed by atoms with Crippen molar-refractivity contribution in [3.63, 3.8) is 0 Å². The van der Waals surface area contributed by atoms with Crippen molar-refractivity contribution in [1.29, 1.82) is 0 Å². The molecule has 2 saturated heterocycles. The summed E-state index contributed by atoms with van der Waals surface area (Å²) >= 11 is 0. The highest BCUT2D eigenvalue weighted by molar-refractivity contribution is 5.82. The van der Waals surface area contributed by atoms with E-state index < -0.39 is 12.0 Å². The van der Waals surface area contributed by atoms with Gasteiger partial charge in [-0.2, -0.15) is 0 Å². The van der Waals surface area contributed by atoms with Crippen molar-refractivity contribution >= 4 is 17.8 Å². The summed E-state index contributed by atoms with van der Waals surface area (Å²) in [6.45, 7) is 4.26. The fourth-order valence-electron chi connectivity index (χ4n) is 3.33. The quantitative estimate of drug-likeness (QED) is 0.805. The number of aliphatic carboxylic acids is 1. The number of hydrogen-bond acceptors (Lipinski definition) is 4. The van der Waals surface area contributed by atoms with E-state index in [0.29, 0.717) is 32.7 Å². The molecule has 1 N–H and O–H groups in total. The highest BCUT2D eigenvalue weighted by Gasteiger charge is 2.35. The number of carbonyl (C=O) groups excluding carboxylic acids is 2. The largest absolute Gasteiger partial charge is 0.481 e. The fraction of sp³-hybridized carbons (Fsp3) is 0.812. The molecule has 0 aromatic rings. The number of amides is 2.